The summed E-state index contributed by atoms with van der Waals surface area (Å²) in [5.74, 6) is -0.956. The van der Waals surface area contributed by atoms with Crippen LogP contribution in [0.4, 0.5) is 0 Å². The van der Waals surface area contributed by atoms with Gasteiger partial charge < -0.3 is 15.2 Å². The number of benzene rings is 1. The molecule has 5 heteroatoms. The van der Waals surface area contributed by atoms with Gasteiger partial charge in [-0.25, -0.2) is 0 Å². The Hall–Kier alpha value is -2.04. The third-order valence-electron chi connectivity index (χ3n) is 2.14. The molecule has 0 spiro atoms. The number of hydrogen-bond acceptors (Lipinski definition) is 3. The van der Waals surface area contributed by atoms with Crippen LogP contribution in [0.2, 0.25) is 0 Å². The average Bonchev–Trinajstić information content (AvgIpc) is 2.28. The summed E-state index contributed by atoms with van der Waals surface area (Å²) in [6.45, 7) is 3.15. The van der Waals surface area contributed by atoms with E-state index in [0.29, 0.717) is 5.75 Å². The number of carbonyl (C=O) groups is 2. The first-order valence-corrected chi connectivity index (χ1v) is 5.20. The molecule has 5 nitrogen and oxygen atoms in total. The molecule has 1 aromatic rings. The number of carbonyl (C=O) groups excluding carboxylic acids is 1. The number of carboxylic acid groups (broad SMARTS) is 1. The van der Waals surface area contributed by atoms with E-state index in [1.165, 1.54) is 6.92 Å². The molecule has 0 aliphatic carbocycles. The van der Waals surface area contributed by atoms with Gasteiger partial charge in [0, 0.05) is 0 Å². The standard InChI is InChI=1S/C12H15NO4/c1-8-3-5-10(6-4-8)17-7-11(14)13-9(2)12(15)16/h3-6,9H,7H2,1-2H3,(H,13,14)(H,15,16)/t9-/m1/s1. The van der Waals surface area contributed by atoms with Crippen LogP contribution in [-0.4, -0.2) is 29.6 Å². The fraction of sp³-hybridized carbons (Fsp3) is 0.333. The second-order valence-corrected chi connectivity index (χ2v) is 3.73. The molecule has 92 valence electrons. The Balaban J connectivity index is 2.38. The molecule has 0 saturated carbocycles. The molecule has 0 radical (unpaired) electrons. The van der Waals surface area contributed by atoms with Gasteiger partial charge in [-0.15, -0.1) is 0 Å². The molecule has 0 fully saturated rings. The summed E-state index contributed by atoms with van der Waals surface area (Å²) < 4.78 is 5.20. The minimum absolute atomic E-state index is 0.194. The maximum Gasteiger partial charge on any atom is 0.325 e. The number of aryl methyl sites for hydroxylation is 1. The maximum atomic E-state index is 11.3. The predicted octanol–water partition coefficient (Wildman–Crippen LogP) is 0.963. The monoisotopic (exact) mass is 237 g/mol. The summed E-state index contributed by atoms with van der Waals surface area (Å²) in [6, 6.07) is 6.33. The summed E-state index contributed by atoms with van der Waals surface area (Å²) in [5, 5.41) is 10.9. The van der Waals surface area contributed by atoms with Crippen LogP contribution in [0.3, 0.4) is 0 Å². The summed E-state index contributed by atoms with van der Waals surface area (Å²) in [7, 11) is 0. The number of amides is 1. The van der Waals surface area contributed by atoms with E-state index in [4.69, 9.17) is 9.84 Å². The van der Waals surface area contributed by atoms with Crippen molar-refractivity contribution in [3.05, 3.63) is 29.8 Å². The van der Waals surface area contributed by atoms with Crippen molar-refractivity contribution in [1.29, 1.82) is 0 Å². The quantitative estimate of drug-likeness (QED) is 0.799. The molecule has 1 atom stereocenters. The summed E-state index contributed by atoms with van der Waals surface area (Å²) in [6.07, 6.45) is 0. The highest BCUT2D eigenvalue weighted by atomic mass is 16.5. The lowest BCUT2D eigenvalue weighted by molar-refractivity contribution is -0.141. The van der Waals surface area contributed by atoms with Gasteiger partial charge in [0.1, 0.15) is 11.8 Å². The molecule has 0 unspecified atom stereocenters. The summed E-state index contributed by atoms with van der Waals surface area (Å²) in [4.78, 5) is 21.8. The average molecular weight is 237 g/mol. The van der Waals surface area contributed by atoms with Crippen molar-refractivity contribution in [2.45, 2.75) is 19.9 Å². The third-order valence-corrected chi connectivity index (χ3v) is 2.14. The van der Waals surface area contributed by atoms with Gasteiger partial charge in [-0.1, -0.05) is 17.7 Å². The van der Waals surface area contributed by atoms with E-state index in [2.05, 4.69) is 5.32 Å². The van der Waals surface area contributed by atoms with Crippen LogP contribution in [0.1, 0.15) is 12.5 Å². The van der Waals surface area contributed by atoms with Crippen molar-refractivity contribution in [2.24, 2.45) is 0 Å². The van der Waals surface area contributed by atoms with E-state index < -0.39 is 17.9 Å². The first-order chi connectivity index (χ1) is 7.99. The van der Waals surface area contributed by atoms with Crippen molar-refractivity contribution in [2.75, 3.05) is 6.61 Å². The van der Waals surface area contributed by atoms with Crippen molar-refractivity contribution < 1.29 is 19.4 Å². The van der Waals surface area contributed by atoms with E-state index in [1.54, 1.807) is 12.1 Å². The van der Waals surface area contributed by atoms with E-state index in [9.17, 15) is 9.59 Å². The van der Waals surface area contributed by atoms with E-state index in [0.717, 1.165) is 5.56 Å². The number of rotatable bonds is 5. The maximum absolute atomic E-state index is 11.3. The number of nitrogens with one attached hydrogen (secondary N) is 1. The molecular weight excluding hydrogens is 222 g/mol. The molecule has 0 aliphatic heterocycles. The topological polar surface area (TPSA) is 75.6 Å². The zero-order valence-corrected chi connectivity index (χ0v) is 9.77. The highest BCUT2D eigenvalue weighted by Gasteiger charge is 2.13. The van der Waals surface area contributed by atoms with Crippen LogP contribution >= 0.6 is 0 Å². The SMILES string of the molecule is Cc1ccc(OCC(=O)N[C@H](C)C(=O)O)cc1. The van der Waals surface area contributed by atoms with Crippen molar-refractivity contribution in [1.82, 2.24) is 5.32 Å². The fourth-order valence-corrected chi connectivity index (χ4v) is 1.13. The Labute approximate surface area is 99.4 Å². The van der Waals surface area contributed by atoms with E-state index >= 15 is 0 Å². The normalized spacial score (nSPS) is 11.6. The van der Waals surface area contributed by atoms with Gasteiger partial charge in [0.15, 0.2) is 6.61 Å². The molecule has 0 saturated heterocycles. The van der Waals surface area contributed by atoms with Crippen LogP contribution in [0, 0.1) is 6.92 Å². The molecule has 0 aliphatic rings. The smallest absolute Gasteiger partial charge is 0.325 e. The van der Waals surface area contributed by atoms with Gasteiger partial charge in [0.05, 0.1) is 0 Å². The number of aliphatic carboxylic acids is 1. The second kappa shape index (κ2) is 5.89. The third kappa shape index (κ3) is 4.55. The fourth-order valence-electron chi connectivity index (χ4n) is 1.13. The largest absolute Gasteiger partial charge is 0.484 e. The molecule has 0 heterocycles. The zero-order chi connectivity index (χ0) is 12.8. The van der Waals surface area contributed by atoms with Gasteiger partial charge in [-0.2, -0.15) is 0 Å². The molecule has 1 amide bonds. The van der Waals surface area contributed by atoms with E-state index in [-0.39, 0.29) is 6.61 Å². The van der Waals surface area contributed by atoms with Crippen LogP contribution in [0.5, 0.6) is 5.75 Å². The van der Waals surface area contributed by atoms with Crippen molar-refractivity contribution >= 4 is 11.9 Å². The Morgan fingerprint density at radius 3 is 2.47 bits per heavy atom. The van der Waals surface area contributed by atoms with Crippen LogP contribution in [-0.2, 0) is 9.59 Å². The Bertz CT molecular complexity index is 399. The van der Waals surface area contributed by atoms with Gasteiger partial charge in [0.25, 0.3) is 5.91 Å². The first-order valence-electron chi connectivity index (χ1n) is 5.20. The first kappa shape index (κ1) is 13.0. The number of ether oxygens (including phenoxy) is 1. The molecule has 0 aromatic heterocycles. The Kier molecular flexibility index (Phi) is 4.51. The Morgan fingerprint density at radius 1 is 1.35 bits per heavy atom. The van der Waals surface area contributed by atoms with Gasteiger partial charge >= 0.3 is 5.97 Å². The highest BCUT2D eigenvalue weighted by Crippen LogP contribution is 2.10. The molecule has 1 aromatic carbocycles. The second-order valence-electron chi connectivity index (χ2n) is 3.73. The molecule has 1 rings (SSSR count). The number of hydrogen-bond donors (Lipinski definition) is 2. The van der Waals surface area contributed by atoms with Crippen LogP contribution in [0.15, 0.2) is 24.3 Å². The lowest BCUT2D eigenvalue weighted by Gasteiger charge is -2.10. The summed E-state index contributed by atoms with van der Waals surface area (Å²) in [5.41, 5.74) is 1.10. The van der Waals surface area contributed by atoms with Crippen molar-refractivity contribution in [3.8, 4) is 5.75 Å². The van der Waals surface area contributed by atoms with Crippen molar-refractivity contribution in [3.63, 3.8) is 0 Å². The van der Waals surface area contributed by atoms with Crippen LogP contribution < -0.4 is 10.1 Å². The minimum Gasteiger partial charge on any atom is -0.484 e. The molecule has 2 N–H and O–H groups in total. The minimum atomic E-state index is -1.08. The van der Waals surface area contributed by atoms with E-state index in [1.807, 2.05) is 19.1 Å². The Morgan fingerprint density at radius 2 is 1.94 bits per heavy atom. The van der Waals surface area contributed by atoms with Gasteiger partial charge in [0.2, 0.25) is 0 Å². The van der Waals surface area contributed by atoms with Gasteiger partial charge in [-0.3, -0.25) is 9.59 Å². The summed E-state index contributed by atoms with van der Waals surface area (Å²) >= 11 is 0. The lowest BCUT2D eigenvalue weighted by Crippen LogP contribution is -2.40. The highest BCUT2D eigenvalue weighted by molar-refractivity contribution is 5.84. The lowest BCUT2D eigenvalue weighted by atomic mass is 10.2. The number of carboxylic acids is 1. The molecule has 0 bridgehead atoms. The zero-order valence-electron chi connectivity index (χ0n) is 9.77. The molecular formula is C12H15NO4. The van der Waals surface area contributed by atoms with Gasteiger partial charge in [-0.05, 0) is 26.0 Å². The van der Waals surface area contributed by atoms with Crippen LogP contribution in [0.25, 0.3) is 0 Å². The molecule has 17 heavy (non-hydrogen) atoms. The predicted molar refractivity (Wildman–Crippen MR) is 61.9 cm³/mol.